The van der Waals surface area contributed by atoms with Crippen molar-refractivity contribution in [2.24, 2.45) is 11.7 Å². The highest BCUT2D eigenvalue weighted by Crippen LogP contribution is 2.23. The molecule has 24 heavy (non-hydrogen) atoms. The molecule has 0 heterocycles. The molecule has 2 aromatic carbocycles. The topological polar surface area (TPSA) is 64.3 Å². The molecule has 0 saturated carbocycles. The largest absolute Gasteiger partial charge is 0.476 e. The van der Waals surface area contributed by atoms with Crippen LogP contribution in [0, 0.1) is 5.92 Å². The van der Waals surface area contributed by atoms with Crippen molar-refractivity contribution >= 4 is 29.9 Å². The Labute approximate surface area is 153 Å². The molecule has 1 amide bonds. The van der Waals surface area contributed by atoms with E-state index in [2.05, 4.69) is 5.32 Å². The Morgan fingerprint density at radius 2 is 1.79 bits per heavy atom. The zero-order valence-electron chi connectivity index (χ0n) is 13.4. The van der Waals surface area contributed by atoms with Crippen molar-refractivity contribution in [3.8, 4) is 5.75 Å². The summed E-state index contributed by atoms with van der Waals surface area (Å²) in [6.07, 6.45) is -0.720. The molecule has 6 heteroatoms. The van der Waals surface area contributed by atoms with Crippen molar-refractivity contribution in [2.45, 2.75) is 13.0 Å². The van der Waals surface area contributed by atoms with Crippen molar-refractivity contribution in [1.82, 2.24) is 5.32 Å². The molecule has 0 aromatic heterocycles. The minimum absolute atomic E-state index is 0. The lowest BCUT2D eigenvalue weighted by Gasteiger charge is -2.20. The molecule has 0 radical (unpaired) electrons. The summed E-state index contributed by atoms with van der Waals surface area (Å²) in [4.78, 5) is 12.5. The number of nitrogens with two attached hydrogens (primary N) is 1. The maximum absolute atomic E-state index is 12.5. The molecule has 2 atom stereocenters. The molecule has 130 valence electrons. The average molecular weight is 369 g/mol. The second kappa shape index (κ2) is 10.2. The van der Waals surface area contributed by atoms with Gasteiger partial charge in [-0.25, -0.2) is 0 Å². The minimum atomic E-state index is -0.720. The summed E-state index contributed by atoms with van der Waals surface area (Å²) >= 11 is 5.88. The van der Waals surface area contributed by atoms with Crippen LogP contribution >= 0.6 is 24.0 Å². The fraction of sp³-hybridized carbons (Fsp3) is 0.278. The fourth-order valence-corrected chi connectivity index (χ4v) is 2.13. The van der Waals surface area contributed by atoms with Crippen LogP contribution in [0.4, 0.5) is 0 Å². The van der Waals surface area contributed by atoms with Crippen LogP contribution in [0.15, 0.2) is 54.6 Å². The SMILES string of the molecule is CC(CN)CNC(=O)C(Oc1ccc(Cl)cc1)c1ccccc1.Cl. The number of nitrogens with one attached hydrogen (secondary N) is 1. The normalized spacial score (nSPS) is 12.6. The van der Waals surface area contributed by atoms with Gasteiger partial charge in [0, 0.05) is 17.1 Å². The third-order valence-corrected chi connectivity index (χ3v) is 3.69. The van der Waals surface area contributed by atoms with E-state index >= 15 is 0 Å². The predicted molar refractivity (Wildman–Crippen MR) is 99.7 cm³/mol. The molecule has 2 rings (SSSR count). The molecular weight excluding hydrogens is 347 g/mol. The maximum atomic E-state index is 12.5. The van der Waals surface area contributed by atoms with Crippen molar-refractivity contribution in [2.75, 3.05) is 13.1 Å². The van der Waals surface area contributed by atoms with Crippen LogP contribution in [0.1, 0.15) is 18.6 Å². The Hall–Kier alpha value is -1.75. The monoisotopic (exact) mass is 368 g/mol. The molecule has 2 aromatic rings. The van der Waals surface area contributed by atoms with Gasteiger partial charge in [-0.15, -0.1) is 12.4 Å². The van der Waals surface area contributed by atoms with Gasteiger partial charge in [-0.2, -0.15) is 0 Å². The van der Waals surface area contributed by atoms with Crippen molar-refractivity contribution in [1.29, 1.82) is 0 Å². The summed E-state index contributed by atoms with van der Waals surface area (Å²) in [5.74, 6) is 0.614. The lowest BCUT2D eigenvalue weighted by Crippen LogP contribution is -2.36. The Morgan fingerprint density at radius 1 is 1.17 bits per heavy atom. The summed E-state index contributed by atoms with van der Waals surface area (Å²) in [5, 5.41) is 3.51. The molecule has 2 unspecified atom stereocenters. The first-order valence-electron chi connectivity index (χ1n) is 7.55. The third-order valence-electron chi connectivity index (χ3n) is 3.44. The highest BCUT2D eigenvalue weighted by Gasteiger charge is 2.22. The van der Waals surface area contributed by atoms with Gasteiger partial charge in [-0.1, -0.05) is 48.9 Å². The van der Waals surface area contributed by atoms with Crippen LogP contribution in [-0.2, 0) is 4.79 Å². The van der Waals surface area contributed by atoms with Gasteiger partial charge in [-0.3, -0.25) is 4.79 Å². The number of carbonyl (C=O) groups excluding carboxylic acids is 1. The fourth-order valence-electron chi connectivity index (χ4n) is 2.00. The lowest BCUT2D eigenvalue weighted by atomic mass is 10.1. The van der Waals surface area contributed by atoms with Crippen molar-refractivity contribution < 1.29 is 9.53 Å². The van der Waals surface area contributed by atoms with Crippen LogP contribution in [0.2, 0.25) is 5.02 Å². The summed E-state index contributed by atoms with van der Waals surface area (Å²) in [6.45, 7) is 3.02. The lowest BCUT2D eigenvalue weighted by molar-refractivity contribution is -0.128. The summed E-state index contributed by atoms with van der Waals surface area (Å²) in [6, 6.07) is 16.3. The first-order chi connectivity index (χ1) is 11.1. The smallest absolute Gasteiger partial charge is 0.265 e. The number of hydrogen-bond donors (Lipinski definition) is 2. The van der Waals surface area contributed by atoms with Gasteiger partial charge in [0.2, 0.25) is 6.10 Å². The van der Waals surface area contributed by atoms with Crippen LogP contribution in [0.3, 0.4) is 0 Å². The second-order valence-electron chi connectivity index (χ2n) is 5.45. The molecule has 0 aliphatic heterocycles. The van der Waals surface area contributed by atoms with E-state index in [1.807, 2.05) is 37.3 Å². The number of halogens is 2. The van der Waals surface area contributed by atoms with Crippen molar-refractivity contribution in [3.63, 3.8) is 0 Å². The molecule has 0 aliphatic rings. The first kappa shape index (κ1) is 20.3. The predicted octanol–water partition coefficient (Wildman–Crippen LogP) is 3.59. The van der Waals surface area contributed by atoms with Gasteiger partial charge >= 0.3 is 0 Å². The van der Waals surface area contributed by atoms with Crippen LogP contribution in [0.25, 0.3) is 0 Å². The van der Waals surface area contributed by atoms with E-state index in [-0.39, 0.29) is 24.2 Å². The van der Waals surface area contributed by atoms with Crippen LogP contribution < -0.4 is 15.8 Å². The molecule has 3 N–H and O–H groups in total. The number of rotatable bonds is 7. The van der Waals surface area contributed by atoms with E-state index in [1.54, 1.807) is 24.3 Å². The van der Waals surface area contributed by atoms with Crippen LogP contribution in [0.5, 0.6) is 5.75 Å². The highest BCUT2D eigenvalue weighted by atomic mass is 35.5. The van der Waals surface area contributed by atoms with E-state index in [0.717, 1.165) is 5.56 Å². The number of carbonyl (C=O) groups is 1. The molecule has 0 spiro atoms. The summed E-state index contributed by atoms with van der Waals surface area (Å²) < 4.78 is 5.88. The number of benzene rings is 2. The number of ether oxygens (including phenoxy) is 1. The quantitative estimate of drug-likeness (QED) is 0.784. The number of hydrogen-bond acceptors (Lipinski definition) is 3. The van der Waals surface area contributed by atoms with Gasteiger partial charge in [-0.05, 0) is 36.7 Å². The zero-order valence-corrected chi connectivity index (χ0v) is 15.0. The second-order valence-corrected chi connectivity index (χ2v) is 5.88. The Bertz CT molecular complexity index is 621. The Balaban J connectivity index is 0.00000288. The summed E-state index contributed by atoms with van der Waals surface area (Å²) in [5.41, 5.74) is 6.38. The van der Waals surface area contributed by atoms with E-state index in [1.165, 1.54) is 0 Å². The molecule has 0 bridgehead atoms. The van der Waals surface area contributed by atoms with Gasteiger partial charge in [0.25, 0.3) is 5.91 Å². The molecular formula is C18H22Cl2N2O2. The van der Waals surface area contributed by atoms with Gasteiger partial charge in [0.05, 0.1) is 0 Å². The molecule has 0 aliphatic carbocycles. The molecule has 0 fully saturated rings. The minimum Gasteiger partial charge on any atom is -0.476 e. The third kappa shape index (κ3) is 6.04. The molecule has 0 saturated heterocycles. The van der Waals surface area contributed by atoms with E-state index < -0.39 is 6.10 Å². The van der Waals surface area contributed by atoms with Gasteiger partial charge in [0.15, 0.2) is 0 Å². The Morgan fingerprint density at radius 3 is 2.38 bits per heavy atom. The number of amides is 1. The average Bonchev–Trinajstić information content (AvgIpc) is 2.59. The van der Waals surface area contributed by atoms with E-state index in [0.29, 0.717) is 23.9 Å². The van der Waals surface area contributed by atoms with E-state index in [4.69, 9.17) is 22.1 Å². The maximum Gasteiger partial charge on any atom is 0.265 e. The highest BCUT2D eigenvalue weighted by molar-refractivity contribution is 6.30. The van der Waals surface area contributed by atoms with Gasteiger partial charge < -0.3 is 15.8 Å². The van der Waals surface area contributed by atoms with Gasteiger partial charge in [0.1, 0.15) is 5.75 Å². The summed E-state index contributed by atoms with van der Waals surface area (Å²) in [7, 11) is 0. The first-order valence-corrected chi connectivity index (χ1v) is 7.93. The molecule has 4 nitrogen and oxygen atoms in total. The Kier molecular flexibility index (Phi) is 8.61. The van der Waals surface area contributed by atoms with Crippen LogP contribution in [-0.4, -0.2) is 19.0 Å². The van der Waals surface area contributed by atoms with Crippen molar-refractivity contribution in [3.05, 3.63) is 65.2 Å². The van der Waals surface area contributed by atoms with E-state index in [9.17, 15) is 4.79 Å². The zero-order chi connectivity index (χ0) is 16.7. The standard InChI is InChI=1S/C18H21ClN2O2.ClH/c1-13(11-20)12-21-18(22)17(14-5-3-2-4-6-14)23-16-9-7-15(19)8-10-16;/h2-10,13,17H,11-12,20H2,1H3,(H,21,22);1H.